The van der Waals surface area contributed by atoms with E-state index in [-0.39, 0.29) is 12.2 Å². The summed E-state index contributed by atoms with van der Waals surface area (Å²) in [7, 11) is 0. The Morgan fingerprint density at radius 1 is 1.16 bits per heavy atom. The maximum absolute atomic E-state index is 12.0. The molecule has 108 valence electrons. The van der Waals surface area contributed by atoms with Crippen LogP contribution < -0.4 is 0 Å². The minimum atomic E-state index is -0.944. The molecule has 1 N–H and O–H groups in total. The zero-order valence-electron chi connectivity index (χ0n) is 11.3. The number of hydrogen-bond acceptors (Lipinski definition) is 4. The van der Waals surface area contributed by atoms with Crippen LogP contribution in [0.15, 0.2) is 0 Å². The van der Waals surface area contributed by atoms with E-state index in [0.29, 0.717) is 6.61 Å². The van der Waals surface area contributed by atoms with Crippen LogP contribution in [-0.4, -0.2) is 35.9 Å². The first kappa shape index (κ1) is 14.3. The van der Waals surface area contributed by atoms with Gasteiger partial charge in [0, 0.05) is 0 Å². The lowest BCUT2D eigenvalue weighted by atomic mass is 9.79. The van der Waals surface area contributed by atoms with Crippen LogP contribution in [0.2, 0.25) is 0 Å². The molecule has 0 saturated carbocycles. The number of aliphatic carboxylic acids is 1. The number of unbranched alkanes of at least 4 members (excludes halogenated alkanes) is 3. The normalized spacial score (nSPS) is 32.5. The Balaban J connectivity index is 1.82. The Hall–Kier alpha value is -1.10. The van der Waals surface area contributed by atoms with Gasteiger partial charge in [-0.1, -0.05) is 26.2 Å². The molecule has 4 atom stereocenters. The lowest BCUT2D eigenvalue weighted by Gasteiger charge is -2.23. The van der Waals surface area contributed by atoms with Crippen molar-refractivity contribution >= 4 is 11.9 Å². The summed E-state index contributed by atoms with van der Waals surface area (Å²) < 4.78 is 10.8. The predicted molar refractivity (Wildman–Crippen MR) is 67.6 cm³/mol. The number of carboxylic acid groups (broad SMARTS) is 1. The van der Waals surface area contributed by atoms with E-state index in [9.17, 15) is 14.7 Å². The number of hydrogen-bond donors (Lipinski definition) is 1. The van der Waals surface area contributed by atoms with Crippen LogP contribution in [-0.2, 0) is 19.1 Å². The van der Waals surface area contributed by atoms with E-state index in [1.165, 1.54) is 0 Å². The van der Waals surface area contributed by atoms with Gasteiger partial charge < -0.3 is 14.6 Å². The second kappa shape index (κ2) is 6.37. The molecule has 2 aliphatic heterocycles. The molecule has 0 spiro atoms. The molecular formula is C14H22O5. The third-order valence-electron chi connectivity index (χ3n) is 4.07. The SMILES string of the molecule is CCCCCCOC(=O)C1C2CCC(O2)C1C(=O)O. The Kier molecular flexibility index (Phi) is 4.80. The van der Waals surface area contributed by atoms with Gasteiger partial charge in [-0.15, -0.1) is 0 Å². The molecule has 2 saturated heterocycles. The highest BCUT2D eigenvalue weighted by molar-refractivity contribution is 5.83. The monoisotopic (exact) mass is 270 g/mol. The Morgan fingerprint density at radius 3 is 2.47 bits per heavy atom. The molecule has 2 bridgehead atoms. The van der Waals surface area contributed by atoms with Crippen LogP contribution in [0.4, 0.5) is 0 Å². The first-order valence-corrected chi connectivity index (χ1v) is 7.20. The van der Waals surface area contributed by atoms with Crippen LogP contribution in [0.5, 0.6) is 0 Å². The van der Waals surface area contributed by atoms with Gasteiger partial charge in [0.2, 0.25) is 0 Å². The molecule has 2 fully saturated rings. The molecule has 0 aromatic rings. The lowest BCUT2D eigenvalue weighted by molar-refractivity contribution is -0.158. The van der Waals surface area contributed by atoms with Gasteiger partial charge in [-0.2, -0.15) is 0 Å². The maximum atomic E-state index is 12.0. The summed E-state index contributed by atoms with van der Waals surface area (Å²) >= 11 is 0. The Labute approximate surface area is 113 Å². The fraction of sp³-hybridized carbons (Fsp3) is 0.857. The Bertz CT molecular complexity index is 341. The van der Waals surface area contributed by atoms with Crippen molar-refractivity contribution in [3.05, 3.63) is 0 Å². The van der Waals surface area contributed by atoms with Crippen LogP contribution >= 0.6 is 0 Å². The lowest BCUT2D eigenvalue weighted by Crippen LogP contribution is -2.39. The van der Waals surface area contributed by atoms with Gasteiger partial charge in [-0.25, -0.2) is 0 Å². The summed E-state index contributed by atoms with van der Waals surface area (Å²) in [6.45, 7) is 2.51. The highest BCUT2D eigenvalue weighted by Gasteiger charge is 2.56. The molecule has 0 aliphatic carbocycles. The third-order valence-corrected chi connectivity index (χ3v) is 4.07. The van der Waals surface area contributed by atoms with Crippen molar-refractivity contribution in [1.29, 1.82) is 0 Å². The number of fused-ring (bicyclic) bond motifs is 2. The number of carbonyl (C=O) groups excluding carboxylic acids is 1. The standard InChI is InChI=1S/C14H22O5/c1-2-3-4-5-8-18-14(17)12-10-7-6-9(19-10)11(12)13(15)16/h9-12H,2-8H2,1H3,(H,15,16). The molecule has 2 aliphatic rings. The zero-order valence-corrected chi connectivity index (χ0v) is 11.3. The number of carbonyl (C=O) groups is 2. The smallest absolute Gasteiger partial charge is 0.312 e. The molecule has 5 nitrogen and oxygen atoms in total. The highest BCUT2D eigenvalue weighted by atomic mass is 16.5. The molecule has 5 heteroatoms. The van der Waals surface area contributed by atoms with E-state index in [1.54, 1.807) is 0 Å². The van der Waals surface area contributed by atoms with Crippen LogP contribution in [0.1, 0.15) is 45.4 Å². The van der Waals surface area contributed by atoms with Gasteiger partial charge >= 0.3 is 11.9 Å². The molecule has 0 radical (unpaired) electrons. The molecule has 0 amide bonds. The molecule has 0 aromatic carbocycles. The molecule has 19 heavy (non-hydrogen) atoms. The van der Waals surface area contributed by atoms with Gasteiger partial charge in [0.15, 0.2) is 0 Å². The minimum Gasteiger partial charge on any atom is -0.481 e. The summed E-state index contributed by atoms with van der Waals surface area (Å²) in [6.07, 6.45) is 5.10. The topological polar surface area (TPSA) is 72.8 Å². The predicted octanol–water partition coefficient (Wildman–Crippen LogP) is 1.99. The number of esters is 1. The molecule has 4 unspecified atom stereocenters. The van der Waals surface area contributed by atoms with Gasteiger partial charge in [0.05, 0.1) is 30.7 Å². The van der Waals surface area contributed by atoms with Crippen molar-refractivity contribution in [2.75, 3.05) is 6.61 Å². The summed E-state index contributed by atoms with van der Waals surface area (Å²) in [5.74, 6) is -2.67. The van der Waals surface area contributed by atoms with E-state index in [1.807, 2.05) is 0 Å². The number of ether oxygens (including phenoxy) is 2. The molecule has 2 rings (SSSR count). The second-order valence-electron chi connectivity index (χ2n) is 5.41. The van der Waals surface area contributed by atoms with Crippen LogP contribution in [0.3, 0.4) is 0 Å². The van der Waals surface area contributed by atoms with Crippen molar-refractivity contribution < 1.29 is 24.2 Å². The summed E-state index contributed by atoms with van der Waals surface area (Å²) in [6, 6.07) is 0. The summed E-state index contributed by atoms with van der Waals surface area (Å²) in [5, 5.41) is 9.21. The zero-order chi connectivity index (χ0) is 13.8. The number of carboxylic acids is 1. The molecule has 0 aromatic heterocycles. The first-order valence-electron chi connectivity index (χ1n) is 7.20. The first-order chi connectivity index (χ1) is 9.15. The molecular weight excluding hydrogens is 248 g/mol. The van der Waals surface area contributed by atoms with Crippen molar-refractivity contribution in [2.45, 2.75) is 57.7 Å². The third kappa shape index (κ3) is 3.08. The van der Waals surface area contributed by atoms with Gasteiger partial charge in [-0.3, -0.25) is 9.59 Å². The fourth-order valence-corrected chi connectivity index (χ4v) is 3.09. The molecule has 2 heterocycles. The number of rotatable bonds is 7. The quantitative estimate of drug-likeness (QED) is 0.565. The largest absolute Gasteiger partial charge is 0.481 e. The second-order valence-corrected chi connectivity index (χ2v) is 5.41. The van der Waals surface area contributed by atoms with E-state index in [2.05, 4.69) is 6.92 Å². The Morgan fingerprint density at radius 2 is 1.84 bits per heavy atom. The van der Waals surface area contributed by atoms with E-state index < -0.39 is 23.8 Å². The van der Waals surface area contributed by atoms with Crippen molar-refractivity contribution in [3.8, 4) is 0 Å². The maximum Gasteiger partial charge on any atom is 0.312 e. The summed E-state index contributed by atoms with van der Waals surface area (Å²) in [4.78, 5) is 23.3. The highest BCUT2D eigenvalue weighted by Crippen LogP contribution is 2.44. The van der Waals surface area contributed by atoms with E-state index >= 15 is 0 Å². The average molecular weight is 270 g/mol. The van der Waals surface area contributed by atoms with Gasteiger partial charge in [-0.05, 0) is 19.3 Å². The minimum absolute atomic E-state index is 0.255. The van der Waals surface area contributed by atoms with E-state index in [4.69, 9.17) is 9.47 Å². The summed E-state index contributed by atoms with van der Waals surface area (Å²) in [5.41, 5.74) is 0. The van der Waals surface area contributed by atoms with Crippen LogP contribution in [0.25, 0.3) is 0 Å². The van der Waals surface area contributed by atoms with Crippen molar-refractivity contribution in [1.82, 2.24) is 0 Å². The average Bonchev–Trinajstić information content (AvgIpc) is 2.98. The van der Waals surface area contributed by atoms with Gasteiger partial charge in [0.25, 0.3) is 0 Å². The van der Waals surface area contributed by atoms with Crippen molar-refractivity contribution in [3.63, 3.8) is 0 Å². The fourth-order valence-electron chi connectivity index (χ4n) is 3.09. The van der Waals surface area contributed by atoms with Crippen molar-refractivity contribution in [2.24, 2.45) is 11.8 Å². The van der Waals surface area contributed by atoms with Crippen LogP contribution in [0, 0.1) is 11.8 Å². The van der Waals surface area contributed by atoms with E-state index in [0.717, 1.165) is 38.5 Å². The van der Waals surface area contributed by atoms with Gasteiger partial charge in [0.1, 0.15) is 0 Å².